The minimum Gasteiger partial charge on any atom is -0.370 e. The van der Waals surface area contributed by atoms with Crippen LogP contribution in [0.5, 0.6) is 0 Å². The lowest BCUT2D eigenvalue weighted by Gasteiger charge is -2.16. The molecule has 1 rings (SSSR count). The molecule has 3 heteroatoms. The van der Waals surface area contributed by atoms with Crippen LogP contribution >= 0.6 is 0 Å². The molecule has 2 atom stereocenters. The van der Waals surface area contributed by atoms with Crippen LogP contribution in [-0.4, -0.2) is 18.0 Å². The van der Waals surface area contributed by atoms with Gasteiger partial charge in [0.1, 0.15) is 0 Å². The van der Waals surface area contributed by atoms with E-state index < -0.39 is 0 Å². The van der Waals surface area contributed by atoms with Crippen molar-refractivity contribution >= 4 is 5.96 Å². The van der Waals surface area contributed by atoms with E-state index >= 15 is 0 Å². The van der Waals surface area contributed by atoms with E-state index in [0.29, 0.717) is 18.0 Å². The van der Waals surface area contributed by atoms with E-state index in [2.05, 4.69) is 31.1 Å². The van der Waals surface area contributed by atoms with Gasteiger partial charge in [0.25, 0.3) is 0 Å². The van der Waals surface area contributed by atoms with Crippen molar-refractivity contribution in [2.75, 3.05) is 0 Å². The van der Waals surface area contributed by atoms with Gasteiger partial charge in [-0.2, -0.15) is 0 Å². The van der Waals surface area contributed by atoms with E-state index in [4.69, 9.17) is 5.73 Å². The van der Waals surface area contributed by atoms with Crippen LogP contribution in [0.4, 0.5) is 0 Å². The molecule has 0 heterocycles. The standard InChI is InChI=1S/C11H23N3/c1-4-9-6-5-7-10(9)14-11(12)13-8(2)3/h8-10H,4-7H2,1-3H3,(H3,12,13,14). The number of nitrogens with zero attached hydrogens (tertiary/aromatic N) is 1. The minimum absolute atomic E-state index is 0.375. The zero-order chi connectivity index (χ0) is 10.6. The zero-order valence-electron chi connectivity index (χ0n) is 9.59. The molecule has 0 aliphatic heterocycles. The van der Waals surface area contributed by atoms with Crippen LogP contribution < -0.4 is 11.1 Å². The third-order valence-electron chi connectivity index (χ3n) is 2.88. The Morgan fingerprint density at radius 3 is 2.79 bits per heavy atom. The molecular formula is C11H23N3. The number of hydrogen-bond acceptors (Lipinski definition) is 1. The van der Waals surface area contributed by atoms with Crippen molar-refractivity contribution in [3.63, 3.8) is 0 Å². The van der Waals surface area contributed by atoms with Gasteiger partial charge in [-0.05, 0) is 32.6 Å². The zero-order valence-corrected chi connectivity index (χ0v) is 9.59. The molecule has 3 nitrogen and oxygen atoms in total. The predicted molar refractivity (Wildman–Crippen MR) is 61.3 cm³/mol. The fourth-order valence-corrected chi connectivity index (χ4v) is 2.18. The first-order valence-corrected chi connectivity index (χ1v) is 5.73. The van der Waals surface area contributed by atoms with Crippen molar-refractivity contribution in [2.24, 2.45) is 16.6 Å². The van der Waals surface area contributed by atoms with Crippen molar-refractivity contribution in [3.8, 4) is 0 Å². The summed E-state index contributed by atoms with van der Waals surface area (Å²) in [4.78, 5) is 4.55. The van der Waals surface area contributed by atoms with Crippen LogP contribution in [0.2, 0.25) is 0 Å². The lowest BCUT2D eigenvalue weighted by Crippen LogP contribution is -2.38. The van der Waals surface area contributed by atoms with Gasteiger partial charge in [-0.15, -0.1) is 0 Å². The molecule has 0 bridgehead atoms. The Morgan fingerprint density at radius 1 is 1.50 bits per heavy atom. The quantitative estimate of drug-likeness (QED) is 0.536. The molecule has 1 aliphatic rings. The van der Waals surface area contributed by atoms with Gasteiger partial charge in [0.2, 0.25) is 0 Å². The first kappa shape index (κ1) is 11.3. The number of rotatable bonds is 3. The minimum atomic E-state index is 0.375. The summed E-state index contributed by atoms with van der Waals surface area (Å²) >= 11 is 0. The second-order valence-electron chi connectivity index (χ2n) is 4.48. The Balaban J connectivity index is 2.48. The van der Waals surface area contributed by atoms with E-state index in [1.165, 1.54) is 25.7 Å². The molecular weight excluding hydrogens is 174 g/mol. The Bertz CT molecular complexity index is 199. The SMILES string of the molecule is CCC1CCCC1N=C(N)NC(C)C. The van der Waals surface area contributed by atoms with Crippen LogP contribution in [0.1, 0.15) is 46.5 Å². The van der Waals surface area contributed by atoms with Crippen LogP contribution in [0, 0.1) is 5.92 Å². The van der Waals surface area contributed by atoms with Gasteiger partial charge in [-0.25, -0.2) is 4.99 Å². The molecule has 0 saturated heterocycles. The van der Waals surface area contributed by atoms with E-state index in [9.17, 15) is 0 Å². The summed E-state index contributed by atoms with van der Waals surface area (Å²) in [6.07, 6.45) is 5.06. The van der Waals surface area contributed by atoms with Crippen LogP contribution in [0.15, 0.2) is 4.99 Å². The molecule has 0 aromatic carbocycles. The molecule has 1 fully saturated rings. The molecule has 0 spiro atoms. The first-order chi connectivity index (χ1) is 6.63. The van der Waals surface area contributed by atoms with Crippen LogP contribution in [0.3, 0.4) is 0 Å². The fraction of sp³-hybridized carbons (Fsp3) is 0.909. The van der Waals surface area contributed by atoms with Gasteiger partial charge >= 0.3 is 0 Å². The lowest BCUT2D eigenvalue weighted by molar-refractivity contribution is 0.466. The monoisotopic (exact) mass is 197 g/mol. The van der Waals surface area contributed by atoms with Gasteiger partial charge in [-0.3, -0.25) is 0 Å². The number of hydrogen-bond donors (Lipinski definition) is 2. The second-order valence-corrected chi connectivity index (χ2v) is 4.48. The van der Waals surface area contributed by atoms with E-state index in [1.54, 1.807) is 0 Å². The third-order valence-corrected chi connectivity index (χ3v) is 2.88. The maximum Gasteiger partial charge on any atom is 0.189 e. The topological polar surface area (TPSA) is 50.4 Å². The average molecular weight is 197 g/mol. The highest BCUT2D eigenvalue weighted by molar-refractivity contribution is 5.78. The van der Waals surface area contributed by atoms with E-state index in [1.807, 2.05) is 0 Å². The summed E-state index contributed by atoms with van der Waals surface area (Å²) in [5.41, 5.74) is 5.81. The molecule has 0 aromatic heterocycles. The number of guanidine groups is 1. The summed E-state index contributed by atoms with van der Waals surface area (Å²) in [7, 11) is 0. The number of nitrogens with two attached hydrogens (primary N) is 1. The highest BCUT2D eigenvalue weighted by Gasteiger charge is 2.25. The van der Waals surface area contributed by atoms with Gasteiger partial charge < -0.3 is 11.1 Å². The summed E-state index contributed by atoms with van der Waals surface area (Å²) < 4.78 is 0. The van der Waals surface area contributed by atoms with Crippen LogP contribution in [0.25, 0.3) is 0 Å². The molecule has 14 heavy (non-hydrogen) atoms. The van der Waals surface area contributed by atoms with Crippen molar-refractivity contribution in [3.05, 3.63) is 0 Å². The summed E-state index contributed by atoms with van der Waals surface area (Å²) in [6, 6.07) is 0.839. The Hall–Kier alpha value is -0.730. The van der Waals surface area contributed by atoms with E-state index in [-0.39, 0.29) is 0 Å². The molecule has 0 aromatic rings. The summed E-state index contributed by atoms with van der Waals surface area (Å²) in [6.45, 7) is 6.40. The highest BCUT2D eigenvalue weighted by atomic mass is 15.1. The second kappa shape index (κ2) is 5.23. The largest absolute Gasteiger partial charge is 0.370 e. The fourth-order valence-electron chi connectivity index (χ4n) is 2.18. The smallest absolute Gasteiger partial charge is 0.189 e. The van der Waals surface area contributed by atoms with Gasteiger partial charge in [0.15, 0.2) is 5.96 Å². The van der Waals surface area contributed by atoms with Crippen molar-refractivity contribution in [2.45, 2.75) is 58.5 Å². The number of aliphatic imine (C=N–C) groups is 1. The lowest BCUT2D eigenvalue weighted by atomic mass is 10.0. The van der Waals surface area contributed by atoms with Gasteiger partial charge in [0.05, 0.1) is 6.04 Å². The third kappa shape index (κ3) is 3.20. The summed E-state index contributed by atoms with van der Waals surface area (Å²) in [5, 5.41) is 3.14. The predicted octanol–water partition coefficient (Wildman–Crippen LogP) is 1.88. The van der Waals surface area contributed by atoms with Gasteiger partial charge in [0, 0.05) is 6.04 Å². The normalized spacial score (nSPS) is 28.4. The molecule has 82 valence electrons. The molecule has 2 unspecified atom stereocenters. The Kier molecular flexibility index (Phi) is 4.23. The van der Waals surface area contributed by atoms with Crippen molar-refractivity contribution < 1.29 is 0 Å². The molecule has 0 amide bonds. The maximum absolute atomic E-state index is 5.81. The average Bonchev–Trinajstić information content (AvgIpc) is 2.50. The molecule has 3 N–H and O–H groups in total. The van der Waals surface area contributed by atoms with Crippen molar-refractivity contribution in [1.82, 2.24) is 5.32 Å². The maximum atomic E-state index is 5.81. The van der Waals surface area contributed by atoms with Crippen molar-refractivity contribution in [1.29, 1.82) is 0 Å². The summed E-state index contributed by atoms with van der Waals surface area (Å²) in [5.74, 6) is 1.37. The van der Waals surface area contributed by atoms with Crippen LogP contribution in [-0.2, 0) is 0 Å². The van der Waals surface area contributed by atoms with E-state index in [0.717, 1.165) is 5.92 Å². The Labute approximate surface area is 87.2 Å². The Morgan fingerprint density at radius 2 is 2.21 bits per heavy atom. The molecule has 1 saturated carbocycles. The molecule has 0 radical (unpaired) electrons. The molecule has 1 aliphatic carbocycles. The number of nitrogens with one attached hydrogen (secondary N) is 1. The first-order valence-electron chi connectivity index (χ1n) is 5.73. The van der Waals surface area contributed by atoms with Gasteiger partial charge in [-0.1, -0.05) is 19.8 Å². The highest BCUT2D eigenvalue weighted by Crippen LogP contribution is 2.30.